The van der Waals surface area contributed by atoms with E-state index in [1.807, 2.05) is 30.3 Å². The first-order valence-corrected chi connectivity index (χ1v) is 4.57. The van der Waals surface area contributed by atoms with Gasteiger partial charge >= 0.3 is 0 Å². The number of rotatable bonds is 2. The van der Waals surface area contributed by atoms with E-state index in [9.17, 15) is 4.79 Å². The number of hydrogen-bond acceptors (Lipinski definition) is 3. The first kappa shape index (κ1) is 9.45. The molecule has 1 aromatic heterocycles. The molecule has 15 heavy (non-hydrogen) atoms. The van der Waals surface area contributed by atoms with E-state index in [-0.39, 0.29) is 5.69 Å². The van der Waals surface area contributed by atoms with Crippen molar-refractivity contribution in [3.63, 3.8) is 0 Å². The lowest BCUT2D eigenvalue weighted by Crippen LogP contribution is -1.99. The highest BCUT2D eigenvalue weighted by Gasteiger charge is 2.11. The summed E-state index contributed by atoms with van der Waals surface area (Å²) in [7, 11) is 1.79. The summed E-state index contributed by atoms with van der Waals surface area (Å²) < 4.78 is 1.71. The molecule has 4 heteroatoms. The third kappa shape index (κ3) is 1.50. The van der Waals surface area contributed by atoms with Gasteiger partial charge in [0.2, 0.25) is 0 Å². The van der Waals surface area contributed by atoms with Crippen molar-refractivity contribution in [1.29, 1.82) is 0 Å². The summed E-state index contributed by atoms with van der Waals surface area (Å²) in [4.78, 5) is 14.8. The molecule has 2 N–H and O–H groups in total. The predicted molar refractivity (Wildman–Crippen MR) is 58.4 cm³/mol. The monoisotopic (exact) mass is 201 g/mol. The first-order chi connectivity index (χ1) is 7.24. The van der Waals surface area contributed by atoms with Gasteiger partial charge in [-0.1, -0.05) is 30.3 Å². The van der Waals surface area contributed by atoms with Gasteiger partial charge in [-0.15, -0.1) is 0 Å². The average Bonchev–Trinajstić information content (AvgIpc) is 2.57. The summed E-state index contributed by atoms with van der Waals surface area (Å²) in [6, 6.07) is 9.62. The number of nitrogens with two attached hydrogens (primary N) is 1. The molecule has 0 amide bonds. The number of carbonyl (C=O) groups is 1. The summed E-state index contributed by atoms with van der Waals surface area (Å²) >= 11 is 0. The lowest BCUT2D eigenvalue weighted by molar-refractivity contribution is 0.112. The number of nitrogens with zero attached hydrogens (tertiary/aromatic N) is 2. The molecule has 0 saturated heterocycles. The topological polar surface area (TPSA) is 60.9 Å². The molecule has 0 radical (unpaired) electrons. The van der Waals surface area contributed by atoms with Gasteiger partial charge < -0.3 is 10.3 Å². The minimum absolute atomic E-state index is 0.288. The van der Waals surface area contributed by atoms with Crippen LogP contribution in [0.3, 0.4) is 0 Å². The van der Waals surface area contributed by atoms with Crippen LogP contribution < -0.4 is 5.73 Å². The Balaban J connectivity index is 2.59. The van der Waals surface area contributed by atoms with E-state index in [0.717, 1.165) is 5.56 Å². The molecule has 0 bridgehead atoms. The largest absolute Gasteiger partial charge is 0.383 e. The van der Waals surface area contributed by atoms with Gasteiger partial charge in [0, 0.05) is 12.6 Å². The number of imidazole rings is 1. The third-order valence-corrected chi connectivity index (χ3v) is 2.31. The van der Waals surface area contributed by atoms with E-state index >= 15 is 0 Å². The highest BCUT2D eigenvalue weighted by Crippen LogP contribution is 2.21. The number of aromatic nitrogens is 2. The Hall–Kier alpha value is -2.10. The van der Waals surface area contributed by atoms with Crippen LogP contribution in [0.1, 0.15) is 10.5 Å². The van der Waals surface area contributed by atoms with Gasteiger partial charge in [-0.3, -0.25) is 4.79 Å². The van der Waals surface area contributed by atoms with Crippen molar-refractivity contribution in [3.8, 4) is 11.4 Å². The molecule has 0 atom stereocenters. The quantitative estimate of drug-likeness (QED) is 0.748. The Labute approximate surface area is 87.4 Å². The molecule has 2 rings (SSSR count). The van der Waals surface area contributed by atoms with Gasteiger partial charge in [0.1, 0.15) is 17.3 Å². The Morgan fingerprint density at radius 1 is 1.33 bits per heavy atom. The third-order valence-electron chi connectivity index (χ3n) is 2.31. The number of aldehydes is 1. The van der Waals surface area contributed by atoms with E-state index < -0.39 is 0 Å². The summed E-state index contributed by atoms with van der Waals surface area (Å²) in [6.45, 7) is 0. The van der Waals surface area contributed by atoms with Gasteiger partial charge in [-0.25, -0.2) is 4.98 Å². The van der Waals surface area contributed by atoms with Crippen molar-refractivity contribution in [2.24, 2.45) is 7.05 Å². The van der Waals surface area contributed by atoms with Crippen LogP contribution in [-0.4, -0.2) is 15.8 Å². The van der Waals surface area contributed by atoms with Crippen LogP contribution in [0.15, 0.2) is 30.3 Å². The molecule has 4 nitrogen and oxygen atoms in total. The molecular weight excluding hydrogens is 190 g/mol. The first-order valence-electron chi connectivity index (χ1n) is 4.57. The molecule has 76 valence electrons. The van der Waals surface area contributed by atoms with Gasteiger partial charge in [-0.2, -0.15) is 0 Å². The Morgan fingerprint density at radius 2 is 2.00 bits per heavy atom. The van der Waals surface area contributed by atoms with Crippen molar-refractivity contribution in [2.45, 2.75) is 0 Å². The normalized spacial score (nSPS) is 10.2. The van der Waals surface area contributed by atoms with Crippen LogP contribution in [0.4, 0.5) is 5.82 Å². The van der Waals surface area contributed by atoms with Crippen LogP contribution in [0, 0.1) is 0 Å². The molecule has 0 unspecified atom stereocenters. The van der Waals surface area contributed by atoms with Gasteiger partial charge in [-0.05, 0) is 0 Å². The fourth-order valence-corrected chi connectivity index (χ4v) is 1.46. The molecule has 2 aromatic rings. The zero-order chi connectivity index (χ0) is 10.8. The minimum Gasteiger partial charge on any atom is -0.383 e. The number of hydrogen-bond donors (Lipinski definition) is 1. The average molecular weight is 201 g/mol. The fraction of sp³-hybridized carbons (Fsp3) is 0.0909. The molecule has 1 aromatic carbocycles. The Kier molecular flexibility index (Phi) is 2.25. The van der Waals surface area contributed by atoms with Crippen LogP contribution in [0.5, 0.6) is 0 Å². The van der Waals surface area contributed by atoms with Crippen LogP contribution >= 0.6 is 0 Å². The zero-order valence-electron chi connectivity index (χ0n) is 8.34. The van der Waals surface area contributed by atoms with E-state index in [4.69, 9.17) is 5.73 Å². The Morgan fingerprint density at radius 3 is 2.53 bits per heavy atom. The van der Waals surface area contributed by atoms with Crippen molar-refractivity contribution in [1.82, 2.24) is 9.55 Å². The van der Waals surface area contributed by atoms with Crippen LogP contribution in [0.25, 0.3) is 11.4 Å². The van der Waals surface area contributed by atoms with E-state index in [1.165, 1.54) is 0 Å². The second-order valence-corrected chi connectivity index (χ2v) is 3.25. The zero-order valence-corrected chi connectivity index (χ0v) is 8.34. The van der Waals surface area contributed by atoms with E-state index in [0.29, 0.717) is 17.9 Å². The van der Waals surface area contributed by atoms with E-state index in [2.05, 4.69) is 4.98 Å². The van der Waals surface area contributed by atoms with Gasteiger partial charge in [0.15, 0.2) is 6.29 Å². The van der Waals surface area contributed by atoms with Gasteiger partial charge in [0.25, 0.3) is 0 Å². The maximum Gasteiger partial charge on any atom is 0.172 e. The summed E-state index contributed by atoms with van der Waals surface area (Å²) in [5, 5.41) is 0. The number of benzene rings is 1. The predicted octanol–water partition coefficient (Wildman–Crippen LogP) is 1.48. The maximum atomic E-state index is 10.7. The molecular formula is C11H11N3O. The van der Waals surface area contributed by atoms with Crippen molar-refractivity contribution in [2.75, 3.05) is 5.73 Å². The van der Waals surface area contributed by atoms with Crippen LogP contribution in [0.2, 0.25) is 0 Å². The lowest BCUT2D eigenvalue weighted by Gasteiger charge is -2.01. The maximum absolute atomic E-state index is 10.7. The molecule has 1 heterocycles. The summed E-state index contributed by atoms with van der Waals surface area (Å²) in [6.07, 6.45) is 0.668. The molecule has 0 aliphatic heterocycles. The molecule has 0 fully saturated rings. The standard InChI is InChI=1S/C11H11N3O/c1-14-10(12)9(7-15)13-11(14)8-5-3-2-4-6-8/h2-7H,12H2,1H3. The highest BCUT2D eigenvalue weighted by atomic mass is 16.1. The summed E-state index contributed by atoms with van der Waals surface area (Å²) in [5.74, 6) is 1.10. The smallest absolute Gasteiger partial charge is 0.172 e. The second-order valence-electron chi connectivity index (χ2n) is 3.25. The van der Waals surface area contributed by atoms with Crippen molar-refractivity contribution >= 4 is 12.1 Å². The second kappa shape index (κ2) is 3.57. The number of nitrogen functional groups attached to an aromatic ring is 1. The highest BCUT2D eigenvalue weighted by molar-refractivity contribution is 5.81. The molecule has 0 aliphatic rings. The number of carbonyl (C=O) groups excluding carboxylic acids is 1. The number of anilines is 1. The van der Waals surface area contributed by atoms with Crippen LogP contribution in [-0.2, 0) is 7.05 Å². The molecule has 0 spiro atoms. The SMILES string of the molecule is Cn1c(-c2ccccc2)nc(C=O)c1N. The van der Waals surface area contributed by atoms with Crippen molar-refractivity contribution in [3.05, 3.63) is 36.0 Å². The lowest BCUT2D eigenvalue weighted by atomic mass is 10.2. The van der Waals surface area contributed by atoms with E-state index in [1.54, 1.807) is 11.6 Å². The Bertz CT molecular complexity index is 488. The summed E-state index contributed by atoms with van der Waals surface area (Å²) in [5.41, 5.74) is 6.95. The van der Waals surface area contributed by atoms with Crippen molar-refractivity contribution < 1.29 is 4.79 Å². The fourth-order valence-electron chi connectivity index (χ4n) is 1.46. The van der Waals surface area contributed by atoms with Gasteiger partial charge in [0.05, 0.1) is 0 Å². The molecule has 0 saturated carbocycles. The molecule has 0 aliphatic carbocycles. The minimum atomic E-state index is 0.288.